The number of benzene rings is 1. The maximum absolute atomic E-state index is 12.6. The number of hydrogen-bond donors (Lipinski definition) is 1. The largest absolute Gasteiger partial charge is 0.507 e. The van der Waals surface area contributed by atoms with Gasteiger partial charge in [-0.1, -0.05) is 0 Å². The van der Waals surface area contributed by atoms with Crippen LogP contribution in [0.1, 0.15) is 27.9 Å². The Hall–Kier alpha value is -2.30. The van der Waals surface area contributed by atoms with Gasteiger partial charge in [-0.05, 0) is 30.3 Å². The van der Waals surface area contributed by atoms with Crippen LogP contribution in [-0.2, 0) is 0 Å². The van der Waals surface area contributed by atoms with E-state index in [-0.39, 0.29) is 5.56 Å². The van der Waals surface area contributed by atoms with E-state index >= 15 is 0 Å². The number of carbonyl (C=O) groups excluding carboxylic acids is 1. The van der Waals surface area contributed by atoms with Gasteiger partial charge in [0.15, 0.2) is 5.78 Å². The number of aromatic nitrogens is 1. The third kappa shape index (κ3) is 2.34. The van der Waals surface area contributed by atoms with Crippen molar-refractivity contribution < 1.29 is 18.7 Å². The maximum Gasteiger partial charge on any atom is 0.267 e. The zero-order valence-electron chi connectivity index (χ0n) is 9.18. The molecule has 1 aromatic heterocycles. The molecule has 2 aromatic rings. The van der Waals surface area contributed by atoms with E-state index in [1.807, 2.05) is 0 Å². The zero-order valence-corrected chi connectivity index (χ0v) is 9.18. The van der Waals surface area contributed by atoms with Gasteiger partial charge in [-0.3, -0.25) is 9.78 Å². The number of alkyl halides is 2. The molecule has 0 aliphatic carbocycles. The molecule has 5 heteroatoms. The van der Waals surface area contributed by atoms with Crippen molar-refractivity contribution in [2.75, 3.05) is 0 Å². The van der Waals surface area contributed by atoms with Crippen molar-refractivity contribution in [3.63, 3.8) is 0 Å². The van der Waals surface area contributed by atoms with Crippen LogP contribution in [0, 0.1) is 0 Å². The molecule has 3 nitrogen and oxygen atoms in total. The fourth-order valence-electron chi connectivity index (χ4n) is 1.53. The van der Waals surface area contributed by atoms with E-state index < -0.39 is 23.5 Å². The number of carbonyl (C=O) groups is 1. The predicted molar refractivity (Wildman–Crippen MR) is 60.7 cm³/mol. The molecule has 0 saturated heterocycles. The van der Waals surface area contributed by atoms with Crippen LogP contribution < -0.4 is 0 Å². The van der Waals surface area contributed by atoms with Crippen molar-refractivity contribution in [2.45, 2.75) is 6.43 Å². The average Bonchev–Trinajstić information content (AvgIpc) is 2.39. The van der Waals surface area contributed by atoms with E-state index in [1.165, 1.54) is 18.5 Å². The lowest BCUT2D eigenvalue weighted by atomic mass is 10.0. The van der Waals surface area contributed by atoms with Gasteiger partial charge < -0.3 is 5.11 Å². The smallest absolute Gasteiger partial charge is 0.267 e. The molecule has 0 unspecified atom stereocenters. The molecule has 1 aromatic carbocycles. The van der Waals surface area contributed by atoms with Gasteiger partial charge >= 0.3 is 0 Å². The monoisotopic (exact) mass is 249 g/mol. The lowest BCUT2D eigenvalue weighted by Crippen LogP contribution is -2.02. The van der Waals surface area contributed by atoms with Gasteiger partial charge in [0.05, 0.1) is 5.56 Å². The number of nitrogens with zero attached hydrogens (tertiary/aromatic N) is 1. The highest BCUT2D eigenvalue weighted by atomic mass is 19.3. The summed E-state index contributed by atoms with van der Waals surface area (Å²) in [4.78, 5) is 15.8. The lowest BCUT2D eigenvalue weighted by Gasteiger charge is -2.06. The average molecular weight is 249 g/mol. The fraction of sp³-hybridized carbons (Fsp3) is 0.0769. The highest BCUT2D eigenvalue weighted by molar-refractivity contribution is 6.08. The number of phenols is 1. The summed E-state index contributed by atoms with van der Waals surface area (Å²) in [7, 11) is 0. The second kappa shape index (κ2) is 4.91. The Morgan fingerprint density at radius 2 is 2.00 bits per heavy atom. The normalized spacial score (nSPS) is 10.6. The van der Waals surface area contributed by atoms with Crippen molar-refractivity contribution in [2.24, 2.45) is 0 Å². The van der Waals surface area contributed by atoms with E-state index in [0.717, 1.165) is 12.1 Å². The predicted octanol–water partition coefficient (Wildman–Crippen LogP) is 2.96. The van der Waals surface area contributed by atoms with Gasteiger partial charge in [0.25, 0.3) is 6.43 Å². The molecular formula is C13H9F2NO2. The topological polar surface area (TPSA) is 50.2 Å². The lowest BCUT2D eigenvalue weighted by molar-refractivity contribution is 0.103. The highest BCUT2D eigenvalue weighted by Gasteiger charge is 2.16. The number of halogens is 2. The molecule has 0 aliphatic rings. The molecule has 1 N–H and O–H groups in total. The molecule has 0 radical (unpaired) electrons. The van der Waals surface area contributed by atoms with Gasteiger partial charge in [0, 0.05) is 23.5 Å². The summed E-state index contributed by atoms with van der Waals surface area (Å²) in [6.07, 6.45) is 0.0433. The first-order chi connectivity index (χ1) is 8.59. The first-order valence-corrected chi connectivity index (χ1v) is 5.15. The van der Waals surface area contributed by atoms with Crippen molar-refractivity contribution >= 4 is 5.78 Å². The first kappa shape index (κ1) is 12.2. The minimum Gasteiger partial charge on any atom is -0.507 e. The van der Waals surface area contributed by atoms with Crippen LogP contribution in [0.15, 0.2) is 42.7 Å². The van der Waals surface area contributed by atoms with Crippen molar-refractivity contribution in [1.82, 2.24) is 4.98 Å². The third-order valence-electron chi connectivity index (χ3n) is 2.45. The molecule has 0 aliphatic heterocycles. The van der Waals surface area contributed by atoms with E-state index in [1.54, 1.807) is 12.1 Å². The quantitative estimate of drug-likeness (QED) is 0.851. The Morgan fingerprint density at radius 1 is 1.22 bits per heavy atom. The summed E-state index contributed by atoms with van der Waals surface area (Å²) in [5.41, 5.74) is -0.149. The molecule has 1 heterocycles. The van der Waals surface area contributed by atoms with Crippen LogP contribution in [0.3, 0.4) is 0 Å². The summed E-state index contributed by atoms with van der Waals surface area (Å²) in [5.74, 6) is -0.933. The second-order valence-electron chi connectivity index (χ2n) is 3.65. The SMILES string of the molecule is O=C(c1cccnc1)c1ccc(O)c(C(F)F)c1. The molecular weight excluding hydrogens is 240 g/mol. The van der Waals surface area contributed by atoms with Gasteiger partial charge in [0.1, 0.15) is 5.75 Å². The Bertz CT molecular complexity index is 570. The standard InChI is InChI=1S/C13H9F2NO2/c14-13(15)10-6-8(3-4-11(10)17)12(18)9-2-1-5-16-7-9/h1-7,13,17H. The van der Waals surface area contributed by atoms with Crippen molar-refractivity contribution in [3.05, 3.63) is 59.4 Å². The van der Waals surface area contributed by atoms with E-state index in [9.17, 15) is 18.7 Å². The van der Waals surface area contributed by atoms with Crippen molar-refractivity contribution in [3.8, 4) is 5.75 Å². The van der Waals surface area contributed by atoms with Crippen LogP contribution >= 0.6 is 0 Å². The number of rotatable bonds is 3. The summed E-state index contributed by atoms with van der Waals surface area (Å²) in [5, 5.41) is 9.25. The minimum atomic E-state index is -2.83. The van der Waals surface area contributed by atoms with Crippen LogP contribution in [-0.4, -0.2) is 15.9 Å². The van der Waals surface area contributed by atoms with Crippen molar-refractivity contribution in [1.29, 1.82) is 0 Å². The molecule has 0 spiro atoms. The summed E-state index contributed by atoms with van der Waals surface area (Å²) >= 11 is 0. The molecule has 18 heavy (non-hydrogen) atoms. The molecule has 0 saturated carbocycles. The summed E-state index contributed by atoms with van der Waals surface area (Å²) in [6, 6.07) is 6.52. The van der Waals surface area contributed by atoms with Crippen LogP contribution in [0.4, 0.5) is 8.78 Å². The molecule has 0 bridgehead atoms. The Balaban J connectivity index is 2.41. The summed E-state index contributed by atoms with van der Waals surface area (Å²) < 4.78 is 25.2. The first-order valence-electron chi connectivity index (χ1n) is 5.15. The van der Waals surface area contributed by atoms with Gasteiger partial charge in [-0.15, -0.1) is 0 Å². The van der Waals surface area contributed by atoms with Crippen LogP contribution in [0.5, 0.6) is 5.75 Å². The minimum absolute atomic E-state index is 0.0936. The number of aromatic hydroxyl groups is 1. The Morgan fingerprint density at radius 3 is 2.61 bits per heavy atom. The van der Waals surface area contributed by atoms with Gasteiger partial charge in [-0.25, -0.2) is 8.78 Å². The molecule has 0 atom stereocenters. The highest BCUT2D eigenvalue weighted by Crippen LogP contribution is 2.29. The second-order valence-corrected chi connectivity index (χ2v) is 3.65. The molecule has 92 valence electrons. The van der Waals surface area contributed by atoms with Crippen LogP contribution in [0.25, 0.3) is 0 Å². The van der Waals surface area contributed by atoms with E-state index in [4.69, 9.17) is 0 Å². The van der Waals surface area contributed by atoms with Crippen LogP contribution in [0.2, 0.25) is 0 Å². The number of pyridine rings is 1. The molecule has 0 amide bonds. The summed E-state index contributed by atoms with van der Waals surface area (Å²) in [6.45, 7) is 0. The molecule has 0 fully saturated rings. The number of ketones is 1. The van der Waals surface area contributed by atoms with E-state index in [0.29, 0.717) is 5.56 Å². The Labute approximate surface area is 102 Å². The Kier molecular flexibility index (Phi) is 3.32. The van der Waals surface area contributed by atoms with E-state index in [2.05, 4.69) is 4.98 Å². The zero-order chi connectivity index (χ0) is 13.1. The fourth-order valence-corrected chi connectivity index (χ4v) is 1.53. The van der Waals surface area contributed by atoms with Gasteiger partial charge in [0.2, 0.25) is 0 Å². The maximum atomic E-state index is 12.6. The number of phenolic OH excluding ortho intramolecular Hbond substituents is 1. The van der Waals surface area contributed by atoms with Gasteiger partial charge in [-0.2, -0.15) is 0 Å². The molecule has 2 rings (SSSR count). The third-order valence-corrected chi connectivity index (χ3v) is 2.45. The number of hydrogen-bond acceptors (Lipinski definition) is 3.